The largest absolute Gasteiger partial charge is 0.444 e. The summed E-state index contributed by atoms with van der Waals surface area (Å²) in [4.78, 5) is 26.7. The van der Waals surface area contributed by atoms with Crippen molar-refractivity contribution in [3.63, 3.8) is 0 Å². The first-order valence-corrected chi connectivity index (χ1v) is 7.44. The third-order valence-corrected chi connectivity index (χ3v) is 3.99. The van der Waals surface area contributed by atoms with Crippen molar-refractivity contribution in [3.05, 3.63) is 10.1 Å². The van der Waals surface area contributed by atoms with Gasteiger partial charge in [-0.25, -0.2) is 4.79 Å². The predicted octanol–water partition coefficient (Wildman–Crippen LogP) is 3.06. The van der Waals surface area contributed by atoms with Crippen LogP contribution in [0.5, 0.6) is 0 Å². The highest BCUT2D eigenvalue weighted by Crippen LogP contribution is 2.39. The normalized spacial score (nSPS) is 26.0. The molecule has 0 aliphatic heterocycles. The lowest BCUT2D eigenvalue weighted by Crippen LogP contribution is -2.43. The maximum atomic E-state index is 11.7. The Bertz CT molecular complexity index is 370. The molecule has 0 heterocycles. The van der Waals surface area contributed by atoms with E-state index in [1.807, 2.05) is 20.8 Å². The third-order valence-electron chi connectivity index (χ3n) is 3.99. The molecule has 1 saturated carbocycles. The van der Waals surface area contributed by atoms with Crippen LogP contribution in [0.1, 0.15) is 59.8 Å². The molecule has 1 fully saturated rings. The minimum atomic E-state index is -0.720. The van der Waals surface area contributed by atoms with Gasteiger partial charge in [0.05, 0.1) is 0 Å². The van der Waals surface area contributed by atoms with E-state index in [2.05, 4.69) is 17.1 Å². The third kappa shape index (κ3) is 6.18. The van der Waals surface area contributed by atoms with Crippen LogP contribution in [-0.4, -0.2) is 29.4 Å². The van der Waals surface area contributed by atoms with Gasteiger partial charge in [-0.2, -0.15) is 0 Å². The van der Waals surface area contributed by atoms with Crippen molar-refractivity contribution in [2.24, 2.45) is 5.41 Å². The van der Waals surface area contributed by atoms with Gasteiger partial charge in [-0.15, -0.1) is 10.1 Å². The van der Waals surface area contributed by atoms with Crippen molar-refractivity contribution in [3.8, 4) is 0 Å². The summed E-state index contributed by atoms with van der Waals surface area (Å²) in [5, 5.41) is 12.5. The van der Waals surface area contributed by atoms with Crippen LogP contribution in [0, 0.1) is 15.5 Å². The maximum absolute atomic E-state index is 11.7. The van der Waals surface area contributed by atoms with Crippen LogP contribution < -0.4 is 5.32 Å². The van der Waals surface area contributed by atoms with Gasteiger partial charge in [0.1, 0.15) is 11.7 Å². The van der Waals surface area contributed by atoms with E-state index in [9.17, 15) is 14.9 Å². The molecule has 1 aliphatic carbocycles. The van der Waals surface area contributed by atoms with E-state index in [1.165, 1.54) is 0 Å². The molecule has 0 radical (unpaired) electrons. The molecular weight excluding hydrogens is 276 g/mol. The topological polar surface area (TPSA) is 90.7 Å². The van der Waals surface area contributed by atoms with Gasteiger partial charge >= 0.3 is 6.09 Å². The summed E-state index contributed by atoms with van der Waals surface area (Å²) in [6, 6.07) is 0. The Morgan fingerprint density at radius 2 is 1.95 bits per heavy atom. The van der Waals surface area contributed by atoms with Gasteiger partial charge in [-0.3, -0.25) is 0 Å². The van der Waals surface area contributed by atoms with Crippen molar-refractivity contribution in [2.75, 3.05) is 6.54 Å². The number of rotatable bonds is 5. The summed E-state index contributed by atoms with van der Waals surface area (Å²) < 4.78 is 5.23. The van der Waals surface area contributed by atoms with Crippen molar-refractivity contribution in [2.45, 2.75) is 71.5 Å². The lowest BCUT2D eigenvalue weighted by molar-refractivity contribution is -0.769. The quantitative estimate of drug-likeness (QED) is 0.622. The number of carbonyl (C=O) groups excluding carboxylic acids is 1. The lowest BCUT2D eigenvalue weighted by Gasteiger charge is -2.39. The Morgan fingerprint density at radius 1 is 1.38 bits per heavy atom. The number of nitrogens with zero attached hydrogens (tertiary/aromatic N) is 1. The Labute approximate surface area is 125 Å². The van der Waals surface area contributed by atoms with Crippen molar-refractivity contribution in [1.29, 1.82) is 0 Å². The number of alkyl carbamates (subject to hydrolysis) is 1. The Kier molecular flexibility index (Phi) is 5.80. The molecule has 0 aromatic heterocycles. The predicted molar refractivity (Wildman–Crippen MR) is 77.3 cm³/mol. The Balaban J connectivity index is 2.45. The average Bonchev–Trinajstić information content (AvgIpc) is 2.36. The molecule has 0 atom stereocenters. The molecule has 7 nitrogen and oxygen atoms in total. The van der Waals surface area contributed by atoms with Gasteiger partial charge in [0.2, 0.25) is 0 Å². The average molecular weight is 302 g/mol. The van der Waals surface area contributed by atoms with E-state index < -0.39 is 16.8 Å². The molecule has 0 saturated heterocycles. The molecule has 21 heavy (non-hydrogen) atoms. The maximum Gasteiger partial charge on any atom is 0.407 e. The first kappa shape index (κ1) is 17.5. The number of ether oxygens (including phenoxy) is 1. The van der Waals surface area contributed by atoms with Crippen LogP contribution >= 0.6 is 0 Å². The Morgan fingerprint density at radius 3 is 2.38 bits per heavy atom. The number of amides is 1. The summed E-state index contributed by atoms with van der Waals surface area (Å²) in [6.45, 7) is 8.07. The van der Waals surface area contributed by atoms with Crippen LogP contribution in [-0.2, 0) is 9.57 Å². The van der Waals surface area contributed by atoms with Gasteiger partial charge in [0.15, 0.2) is 0 Å². The molecular formula is C14H26N2O5. The zero-order valence-electron chi connectivity index (χ0n) is 13.3. The van der Waals surface area contributed by atoms with Crippen LogP contribution in [0.4, 0.5) is 4.79 Å². The summed E-state index contributed by atoms with van der Waals surface area (Å²) in [7, 11) is 0. The monoisotopic (exact) mass is 302 g/mol. The number of hydrogen-bond acceptors (Lipinski definition) is 5. The minimum Gasteiger partial charge on any atom is -0.444 e. The first-order valence-electron chi connectivity index (χ1n) is 7.44. The van der Waals surface area contributed by atoms with Crippen molar-refractivity contribution in [1.82, 2.24) is 5.32 Å². The van der Waals surface area contributed by atoms with E-state index in [0.717, 1.165) is 19.3 Å². The molecule has 7 heteroatoms. The molecule has 122 valence electrons. The summed E-state index contributed by atoms with van der Waals surface area (Å²) in [5.74, 6) is 0. The highest BCUT2D eigenvalue weighted by molar-refractivity contribution is 5.67. The fourth-order valence-corrected chi connectivity index (χ4v) is 2.66. The van der Waals surface area contributed by atoms with Gasteiger partial charge in [0.25, 0.3) is 5.09 Å². The molecule has 1 aliphatic rings. The van der Waals surface area contributed by atoms with E-state index >= 15 is 0 Å². The molecule has 0 bridgehead atoms. The summed E-state index contributed by atoms with van der Waals surface area (Å²) in [6.07, 6.45) is 3.07. The molecule has 1 N–H and O–H groups in total. The zero-order valence-corrected chi connectivity index (χ0v) is 13.3. The molecule has 1 amide bonds. The summed E-state index contributed by atoms with van der Waals surface area (Å²) >= 11 is 0. The van der Waals surface area contributed by atoms with E-state index in [-0.39, 0.29) is 11.5 Å². The second-order valence-electron chi connectivity index (χ2n) is 6.74. The van der Waals surface area contributed by atoms with Gasteiger partial charge in [-0.05, 0) is 58.3 Å². The second kappa shape index (κ2) is 6.95. The van der Waals surface area contributed by atoms with Crippen LogP contribution in [0.2, 0.25) is 0 Å². The van der Waals surface area contributed by atoms with Crippen molar-refractivity contribution >= 4 is 6.09 Å². The smallest absolute Gasteiger partial charge is 0.407 e. The Hall–Kier alpha value is -1.53. The number of nitrogens with one attached hydrogen (secondary N) is 1. The highest BCUT2D eigenvalue weighted by Gasteiger charge is 2.35. The lowest BCUT2D eigenvalue weighted by atomic mass is 9.71. The SMILES string of the molecule is CCC1(CNC(=O)OC(C)(C)C)CCC(O[N+](=O)[O-])CC1. The molecule has 1 rings (SSSR count). The van der Waals surface area contributed by atoms with E-state index in [4.69, 9.17) is 4.74 Å². The summed E-state index contributed by atoms with van der Waals surface area (Å²) in [5.41, 5.74) is -0.534. The standard InChI is InChI=1S/C14H26N2O5/c1-5-14(10-15-12(17)20-13(2,3)4)8-6-11(7-9-14)21-16(18)19/h11H,5-10H2,1-4H3,(H,15,17). The fraction of sp³-hybridized carbons (Fsp3) is 0.929. The molecule has 0 spiro atoms. The molecule has 0 unspecified atom stereocenters. The van der Waals surface area contributed by atoms with Gasteiger partial charge in [-0.1, -0.05) is 6.92 Å². The van der Waals surface area contributed by atoms with E-state index in [1.54, 1.807) is 0 Å². The molecule has 0 aromatic rings. The molecule has 0 aromatic carbocycles. The zero-order chi connectivity index (χ0) is 16.1. The second-order valence-corrected chi connectivity index (χ2v) is 6.74. The highest BCUT2D eigenvalue weighted by atomic mass is 17.0. The van der Waals surface area contributed by atoms with Crippen LogP contribution in [0.25, 0.3) is 0 Å². The van der Waals surface area contributed by atoms with E-state index in [0.29, 0.717) is 19.4 Å². The number of hydrogen-bond donors (Lipinski definition) is 1. The van der Waals surface area contributed by atoms with Gasteiger partial charge < -0.3 is 14.9 Å². The first-order chi connectivity index (χ1) is 9.66. The minimum absolute atomic E-state index is 0.0205. The van der Waals surface area contributed by atoms with Gasteiger partial charge in [0, 0.05) is 6.54 Å². The fourth-order valence-electron chi connectivity index (χ4n) is 2.66. The van der Waals surface area contributed by atoms with Crippen LogP contribution in [0.15, 0.2) is 0 Å². The van der Waals surface area contributed by atoms with Crippen molar-refractivity contribution < 1.29 is 19.5 Å². The van der Waals surface area contributed by atoms with Crippen LogP contribution in [0.3, 0.4) is 0 Å². The number of carbonyl (C=O) groups is 1.